The minimum absolute atomic E-state index is 0.241. The van der Waals surface area contributed by atoms with Crippen molar-refractivity contribution in [2.45, 2.75) is 52.2 Å². The maximum atomic E-state index is 5.98. The van der Waals surface area contributed by atoms with Crippen molar-refractivity contribution in [2.75, 3.05) is 13.1 Å². The molecule has 1 aromatic rings. The Bertz CT molecular complexity index is 429. The summed E-state index contributed by atoms with van der Waals surface area (Å²) in [6.07, 6.45) is 1.17. The second-order valence-corrected chi connectivity index (χ2v) is 7.03. The van der Waals surface area contributed by atoms with Crippen LogP contribution in [0.2, 0.25) is 5.02 Å². The second kappa shape index (κ2) is 6.46. The molecule has 1 heterocycles. The molecule has 0 aromatic heterocycles. The number of nitrogens with one attached hydrogen (secondary N) is 1. The first-order valence-electron chi connectivity index (χ1n) is 7.67. The Morgan fingerprint density at radius 1 is 1.35 bits per heavy atom. The van der Waals surface area contributed by atoms with Crippen LogP contribution in [0.25, 0.3) is 0 Å². The number of rotatable bonds is 4. The van der Waals surface area contributed by atoms with E-state index in [1.807, 2.05) is 12.1 Å². The van der Waals surface area contributed by atoms with E-state index in [9.17, 15) is 0 Å². The van der Waals surface area contributed by atoms with E-state index in [2.05, 4.69) is 50.0 Å². The van der Waals surface area contributed by atoms with Gasteiger partial charge in [-0.1, -0.05) is 44.5 Å². The number of benzene rings is 1. The number of hydrogen-bond donors (Lipinski definition) is 1. The standard InChI is InChI=1S/C17H27ClN2/c1-5-17(4)12-19-16(13(2)3)11-20(17)10-14-6-8-15(18)9-7-14/h6-9,13,16,19H,5,10-12H2,1-4H3. The van der Waals surface area contributed by atoms with Crippen molar-refractivity contribution in [2.24, 2.45) is 5.92 Å². The first-order chi connectivity index (χ1) is 9.44. The van der Waals surface area contributed by atoms with Gasteiger partial charge in [0.05, 0.1) is 0 Å². The summed E-state index contributed by atoms with van der Waals surface area (Å²) < 4.78 is 0. The van der Waals surface area contributed by atoms with E-state index >= 15 is 0 Å². The van der Waals surface area contributed by atoms with Crippen LogP contribution in [0.15, 0.2) is 24.3 Å². The fraction of sp³-hybridized carbons (Fsp3) is 0.647. The van der Waals surface area contributed by atoms with Crippen LogP contribution >= 0.6 is 11.6 Å². The van der Waals surface area contributed by atoms with Gasteiger partial charge in [-0.3, -0.25) is 4.90 Å². The van der Waals surface area contributed by atoms with Gasteiger partial charge in [-0.05, 0) is 37.0 Å². The van der Waals surface area contributed by atoms with Gasteiger partial charge in [-0.2, -0.15) is 0 Å². The molecule has 2 nitrogen and oxygen atoms in total. The maximum Gasteiger partial charge on any atom is 0.0406 e. The van der Waals surface area contributed by atoms with Crippen LogP contribution in [0.4, 0.5) is 0 Å². The van der Waals surface area contributed by atoms with Gasteiger partial charge in [0.15, 0.2) is 0 Å². The summed E-state index contributed by atoms with van der Waals surface area (Å²) >= 11 is 5.98. The second-order valence-electron chi connectivity index (χ2n) is 6.59. The average Bonchev–Trinajstić information content (AvgIpc) is 2.43. The fourth-order valence-electron chi connectivity index (χ4n) is 2.85. The molecule has 0 saturated carbocycles. The van der Waals surface area contributed by atoms with Crippen molar-refractivity contribution in [3.63, 3.8) is 0 Å². The Kier molecular flexibility index (Phi) is 5.11. The number of halogens is 1. The van der Waals surface area contributed by atoms with Crippen LogP contribution in [-0.2, 0) is 6.54 Å². The molecule has 1 aliphatic heterocycles. The van der Waals surface area contributed by atoms with Crippen LogP contribution in [0.1, 0.15) is 39.7 Å². The van der Waals surface area contributed by atoms with Gasteiger partial charge in [0.25, 0.3) is 0 Å². The average molecular weight is 295 g/mol. The molecule has 0 amide bonds. The lowest BCUT2D eigenvalue weighted by Crippen LogP contribution is -2.63. The Hall–Kier alpha value is -0.570. The summed E-state index contributed by atoms with van der Waals surface area (Å²) in [5.74, 6) is 0.670. The van der Waals surface area contributed by atoms with Crippen molar-refractivity contribution in [3.05, 3.63) is 34.9 Å². The zero-order chi connectivity index (χ0) is 14.8. The molecule has 0 radical (unpaired) electrons. The highest BCUT2D eigenvalue weighted by Gasteiger charge is 2.36. The summed E-state index contributed by atoms with van der Waals surface area (Å²) in [4.78, 5) is 2.64. The molecule has 1 fully saturated rings. The molecule has 20 heavy (non-hydrogen) atoms. The van der Waals surface area contributed by atoms with E-state index in [1.54, 1.807) is 0 Å². The molecule has 1 aliphatic rings. The third-order valence-corrected chi connectivity index (χ3v) is 5.03. The van der Waals surface area contributed by atoms with Gasteiger partial charge in [-0.25, -0.2) is 0 Å². The SMILES string of the molecule is CCC1(C)CNC(C(C)C)CN1Cc1ccc(Cl)cc1. The van der Waals surface area contributed by atoms with Gasteiger partial charge in [0.2, 0.25) is 0 Å². The quantitative estimate of drug-likeness (QED) is 0.905. The molecule has 2 atom stereocenters. The molecule has 1 aromatic carbocycles. The van der Waals surface area contributed by atoms with Crippen molar-refractivity contribution in [1.82, 2.24) is 10.2 Å². The van der Waals surface area contributed by atoms with E-state index in [1.165, 1.54) is 12.0 Å². The Morgan fingerprint density at radius 3 is 2.55 bits per heavy atom. The summed E-state index contributed by atoms with van der Waals surface area (Å²) in [5.41, 5.74) is 1.59. The largest absolute Gasteiger partial charge is 0.311 e. The summed E-state index contributed by atoms with van der Waals surface area (Å²) in [7, 11) is 0. The first kappa shape index (κ1) is 15.8. The normalized spacial score (nSPS) is 28.0. The summed E-state index contributed by atoms with van der Waals surface area (Å²) in [6, 6.07) is 8.85. The molecule has 1 N–H and O–H groups in total. The zero-order valence-electron chi connectivity index (χ0n) is 13.1. The van der Waals surface area contributed by atoms with E-state index in [0.29, 0.717) is 12.0 Å². The summed E-state index contributed by atoms with van der Waals surface area (Å²) in [6.45, 7) is 12.4. The van der Waals surface area contributed by atoms with Crippen molar-refractivity contribution in [3.8, 4) is 0 Å². The molecule has 2 rings (SSSR count). The van der Waals surface area contributed by atoms with Crippen molar-refractivity contribution < 1.29 is 0 Å². The van der Waals surface area contributed by atoms with E-state index in [0.717, 1.165) is 24.7 Å². The smallest absolute Gasteiger partial charge is 0.0406 e. The van der Waals surface area contributed by atoms with Gasteiger partial charge in [0.1, 0.15) is 0 Å². The highest BCUT2D eigenvalue weighted by Crippen LogP contribution is 2.27. The topological polar surface area (TPSA) is 15.3 Å². The molecular formula is C17H27ClN2. The maximum absolute atomic E-state index is 5.98. The lowest BCUT2D eigenvalue weighted by molar-refractivity contribution is 0.0317. The van der Waals surface area contributed by atoms with E-state index < -0.39 is 0 Å². The Labute approximate surface area is 128 Å². The molecule has 1 saturated heterocycles. The molecule has 0 bridgehead atoms. The van der Waals surface area contributed by atoms with E-state index in [-0.39, 0.29) is 5.54 Å². The lowest BCUT2D eigenvalue weighted by atomic mass is 9.89. The van der Waals surface area contributed by atoms with Crippen molar-refractivity contribution in [1.29, 1.82) is 0 Å². The minimum Gasteiger partial charge on any atom is -0.311 e. The van der Waals surface area contributed by atoms with Crippen LogP contribution in [0.3, 0.4) is 0 Å². The number of piperazine rings is 1. The van der Waals surface area contributed by atoms with Crippen LogP contribution in [-0.4, -0.2) is 29.6 Å². The van der Waals surface area contributed by atoms with Crippen LogP contribution < -0.4 is 5.32 Å². The van der Waals surface area contributed by atoms with Gasteiger partial charge in [-0.15, -0.1) is 0 Å². The van der Waals surface area contributed by atoms with Gasteiger partial charge in [0, 0.05) is 36.2 Å². The molecule has 0 spiro atoms. The predicted octanol–water partition coefficient (Wildman–Crippen LogP) is 3.94. The fourth-order valence-corrected chi connectivity index (χ4v) is 2.97. The van der Waals surface area contributed by atoms with Crippen molar-refractivity contribution >= 4 is 11.6 Å². The molecule has 3 heteroatoms. The summed E-state index contributed by atoms with van der Waals surface area (Å²) in [5, 5.41) is 4.53. The van der Waals surface area contributed by atoms with Crippen LogP contribution in [0.5, 0.6) is 0 Å². The third-order valence-electron chi connectivity index (χ3n) is 4.78. The minimum atomic E-state index is 0.241. The van der Waals surface area contributed by atoms with Gasteiger partial charge < -0.3 is 5.32 Å². The van der Waals surface area contributed by atoms with E-state index in [4.69, 9.17) is 11.6 Å². The first-order valence-corrected chi connectivity index (χ1v) is 8.05. The predicted molar refractivity (Wildman–Crippen MR) is 87.2 cm³/mol. The highest BCUT2D eigenvalue weighted by atomic mass is 35.5. The zero-order valence-corrected chi connectivity index (χ0v) is 13.9. The Balaban J connectivity index is 2.13. The monoisotopic (exact) mass is 294 g/mol. The van der Waals surface area contributed by atoms with Crippen LogP contribution in [0, 0.1) is 5.92 Å². The Morgan fingerprint density at radius 2 is 2.00 bits per heavy atom. The number of nitrogens with zero attached hydrogens (tertiary/aromatic N) is 1. The third kappa shape index (κ3) is 3.55. The van der Waals surface area contributed by atoms with Gasteiger partial charge >= 0.3 is 0 Å². The highest BCUT2D eigenvalue weighted by molar-refractivity contribution is 6.30. The molecule has 112 valence electrons. The molecule has 0 aliphatic carbocycles. The molecule has 2 unspecified atom stereocenters. The number of hydrogen-bond acceptors (Lipinski definition) is 2. The molecular weight excluding hydrogens is 268 g/mol. The lowest BCUT2D eigenvalue weighted by Gasteiger charge is -2.49.